The van der Waals surface area contributed by atoms with Crippen LogP contribution >= 0.6 is 11.3 Å². The van der Waals surface area contributed by atoms with Crippen molar-refractivity contribution in [3.05, 3.63) is 47.2 Å². The van der Waals surface area contributed by atoms with Crippen molar-refractivity contribution in [3.8, 4) is 11.4 Å². The van der Waals surface area contributed by atoms with Crippen molar-refractivity contribution >= 4 is 27.0 Å². The quantitative estimate of drug-likeness (QED) is 0.723. The Morgan fingerprint density at radius 3 is 2.48 bits per heavy atom. The molecule has 3 aromatic rings. The van der Waals surface area contributed by atoms with Gasteiger partial charge in [0.2, 0.25) is 11.7 Å². The molecule has 0 N–H and O–H groups in total. The number of anilines is 1. The van der Waals surface area contributed by atoms with Gasteiger partial charge in [0.1, 0.15) is 4.21 Å². The smallest absolute Gasteiger partial charge is 0.273 e. The first-order valence-corrected chi connectivity index (χ1v) is 9.15. The lowest BCUT2D eigenvalue weighted by atomic mass is 10.2. The molecule has 120 valence electrons. The molecule has 0 aliphatic rings. The summed E-state index contributed by atoms with van der Waals surface area (Å²) in [4.78, 5) is 4.11. The molecule has 0 fully saturated rings. The van der Waals surface area contributed by atoms with Gasteiger partial charge < -0.3 is 4.52 Å². The zero-order valence-corrected chi connectivity index (χ0v) is 14.5. The highest BCUT2D eigenvalue weighted by atomic mass is 32.2. The summed E-state index contributed by atoms with van der Waals surface area (Å²) in [6, 6.07) is 8.88. The Kier molecular flexibility index (Phi) is 3.95. The average Bonchev–Trinajstić information content (AvgIpc) is 3.16. The molecule has 1 aromatic carbocycles. The zero-order chi connectivity index (χ0) is 16.6. The van der Waals surface area contributed by atoms with Crippen LogP contribution in [0.5, 0.6) is 0 Å². The van der Waals surface area contributed by atoms with Gasteiger partial charge in [-0.15, -0.1) is 11.3 Å². The second-order valence-corrected chi connectivity index (χ2v) is 8.21. The maximum atomic E-state index is 12.7. The Bertz CT molecular complexity index is 927. The van der Waals surface area contributed by atoms with E-state index in [9.17, 15) is 8.42 Å². The molecule has 0 saturated heterocycles. The highest BCUT2D eigenvalue weighted by Gasteiger charge is 2.24. The minimum absolute atomic E-state index is 0.234. The fraction of sp³-hybridized carbons (Fsp3) is 0.200. The van der Waals surface area contributed by atoms with Crippen molar-refractivity contribution < 1.29 is 12.9 Å². The largest absolute Gasteiger partial charge is 0.339 e. The molecular formula is C15H15N3O3S2. The van der Waals surface area contributed by atoms with E-state index < -0.39 is 10.0 Å². The number of aryl methyl sites for hydroxylation is 2. The molecule has 0 bridgehead atoms. The van der Waals surface area contributed by atoms with Crippen molar-refractivity contribution in [2.24, 2.45) is 0 Å². The predicted molar refractivity (Wildman–Crippen MR) is 89.1 cm³/mol. The van der Waals surface area contributed by atoms with Gasteiger partial charge in [-0.3, -0.25) is 4.31 Å². The number of rotatable bonds is 4. The Hall–Kier alpha value is -2.19. The second kappa shape index (κ2) is 5.78. The van der Waals surface area contributed by atoms with Crippen molar-refractivity contribution in [1.29, 1.82) is 0 Å². The fourth-order valence-corrected chi connectivity index (χ4v) is 4.54. The van der Waals surface area contributed by atoms with Gasteiger partial charge >= 0.3 is 0 Å². The van der Waals surface area contributed by atoms with Gasteiger partial charge in [0, 0.05) is 24.9 Å². The van der Waals surface area contributed by atoms with Crippen LogP contribution in [-0.4, -0.2) is 25.6 Å². The molecule has 23 heavy (non-hydrogen) atoms. The molecule has 0 aliphatic heterocycles. The van der Waals surface area contributed by atoms with E-state index in [1.54, 1.807) is 30.5 Å². The number of hydrogen-bond acceptors (Lipinski definition) is 6. The van der Waals surface area contributed by atoms with Gasteiger partial charge in [-0.1, -0.05) is 22.9 Å². The van der Waals surface area contributed by atoms with Crippen molar-refractivity contribution in [3.63, 3.8) is 0 Å². The summed E-state index contributed by atoms with van der Waals surface area (Å²) in [7, 11) is -2.08. The van der Waals surface area contributed by atoms with Crippen LogP contribution in [0.3, 0.4) is 0 Å². The van der Waals surface area contributed by atoms with Gasteiger partial charge in [-0.2, -0.15) is 4.98 Å². The number of nitrogens with zero attached hydrogens (tertiary/aromatic N) is 3. The Morgan fingerprint density at radius 2 is 1.87 bits per heavy atom. The molecule has 6 nitrogen and oxygen atoms in total. The number of thiophene rings is 1. The third-order valence-electron chi connectivity index (χ3n) is 3.37. The third-order valence-corrected chi connectivity index (χ3v) is 6.57. The minimum Gasteiger partial charge on any atom is -0.339 e. The number of hydrogen-bond donors (Lipinski definition) is 0. The van der Waals surface area contributed by atoms with Crippen LogP contribution in [0.1, 0.15) is 11.5 Å². The van der Waals surface area contributed by atoms with Gasteiger partial charge in [0.15, 0.2) is 0 Å². The molecule has 0 saturated carbocycles. The lowest BCUT2D eigenvalue weighted by Crippen LogP contribution is -2.25. The first-order valence-electron chi connectivity index (χ1n) is 6.83. The summed E-state index contributed by atoms with van der Waals surface area (Å²) >= 11 is 1.14. The Morgan fingerprint density at radius 1 is 1.17 bits per heavy atom. The molecule has 0 amide bonds. The summed E-state index contributed by atoms with van der Waals surface area (Å²) < 4.78 is 31.9. The number of sulfonamides is 1. The molecule has 2 heterocycles. The maximum Gasteiger partial charge on any atom is 0.273 e. The van der Waals surface area contributed by atoms with Crippen LogP contribution in [0, 0.1) is 13.8 Å². The SMILES string of the molecule is Cc1ccc(N(C)S(=O)(=O)c2cc(-c3noc(C)n3)cs2)cc1. The van der Waals surface area contributed by atoms with Gasteiger partial charge in [0.25, 0.3) is 10.0 Å². The van der Waals surface area contributed by atoms with E-state index >= 15 is 0 Å². The third kappa shape index (κ3) is 2.99. The van der Waals surface area contributed by atoms with Crippen LogP contribution in [-0.2, 0) is 10.0 Å². The van der Waals surface area contributed by atoms with E-state index in [0.29, 0.717) is 23.0 Å². The van der Waals surface area contributed by atoms with E-state index in [4.69, 9.17) is 4.52 Å². The van der Waals surface area contributed by atoms with E-state index in [1.807, 2.05) is 19.1 Å². The van der Waals surface area contributed by atoms with Crippen LogP contribution in [0.25, 0.3) is 11.4 Å². The molecule has 0 radical (unpaired) electrons. The van der Waals surface area contributed by atoms with E-state index in [2.05, 4.69) is 10.1 Å². The topological polar surface area (TPSA) is 76.3 Å². The maximum absolute atomic E-state index is 12.7. The summed E-state index contributed by atoms with van der Waals surface area (Å²) in [6.45, 7) is 3.64. The van der Waals surface area contributed by atoms with E-state index in [0.717, 1.165) is 16.9 Å². The summed E-state index contributed by atoms with van der Waals surface area (Å²) in [6.07, 6.45) is 0. The lowest BCUT2D eigenvalue weighted by Gasteiger charge is -2.18. The second-order valence-electron chi connectivity index (χ2n) is 5.10. The molecular weight excluding hydrogens is 334 g/mol. The molecule has 0 aliphatic carbocycles. The van der Waals surface area contributed by atoms with Crippen molar-refractivity contribution in [2.45, 2.75) is 18.1 Å². The van der Waals surface area contributed by atoms with E-state index in [1.165, 1.54) is 11.4 Å². The van der Waals surface area contributed by atoms with Crippen LogP contribution in [0.15, 0.2) is 44.4 Å². The molecule has 0 spiro atoms. The summed E-state index contributed by atoms with van der Waals surface area (Å²) in [5.41, 5.74) is 2.31. The standard InChI is InChI=1S/C15H15N3O3S2/c1-10-4-6-13(7-5-10)18(3)23(19,20)14-8-12(9-22-14)15-16-11(2)21-17-15/h4-9H,1-3H3. The summed E-state index contributed by atoms with van der Waals surface area (Å²) in [5.74, 6) is 0.825. The molecule has 2 aromatic heterocycles. The highest BCUT2D eigenvalue weighted by molar-refractivity contribution is 7.94. The molecule has 3 rings (SSSR count). The van der Waals surface area contributed by atoms with Gasteiger partial charge in [-0.25, -0.2) is 8.42 Å². The monoisotopic (exact) mass is 349 g/mol. The van der Waals surface area contributed by atoms with Crippen LogP contribution in [0.2, 0.25) is 0 Å². The number of benzene rings is 1. The fourth-order valence-electron chi connectivity index (χ4n) is 2.01. The summed E-state index contributed by atoms with van der Waals surface area (Å²) in [5, 5.41) is 5.51. The van der Waals surface area contributed by atoms with Crippen molar-refractivity contribution in [1.82, 2.24) is 10.1 Å². The normalized spacial score (nSPS) is 11.6. The van der Waals surface area contributed by atoms with Crippen LogP contribution in [0.4, 0.5) is 5.69 Å². The molecule has 0 unspecified atom stereocenters. The first-order chi connectivity index (χ1) is 10.9. The first kappa shape index (κ1) is 15.7. The average molecular weight is 349 g/mol. The Labute approximate surface area is 138 Å². The molecule has 0 atom stereocenters. The zero-order valence-electron chi connectivity index (χ0n) is 12.8. The highest BCUT2D eigenvalue weighted by Crippen LogP contribution is 2.30. The minimum atomic E-state index is -3.62. The van der Waals surface area contributed by atoms with E-state index in [-0.39, 0.29) is 4.21 Å². The predicted octanol–water partition coefficient (Wildman–Crippen LogP) is 3.24. The van der Waals surface area contributed by atoms with Crippen LogP contribution < -0.4 is 4.31 Å². The van der Waals surface area contributed by atoms with Gasteiger partial charge in [0.05, 0.1) is 5.69 Å². The Balaban J connectivity index is 1.93. The van der Waals surface area contributed by atoms with Gasteiger partial charge in [-0.05, 0) is 25.1 Å². The molecule has 8 heteroatoms. The number of aromatic nitrogens is 2. The van der Waals surface area contributed by atoms with Crippen molar-refractivity contribution in [2.75, 3.05) is 11.4 Å². The lowest BCUT2D eigenvalue weighted by molar-refractivity contribution is 0.394.